The maximum atomic E-state index is 4.72. The van der Waals surface area contributed by atoms with Crippen LogP contribution in [0.5, 0.6) is 0 Å². The molecule has 0 spiro atoms. The molecular weight excluding hydrogens is 362 g/mol. The fraction of sp³-hybridized carbons (Fsp3) is 0.353. The Hall–Kier alpha value is -2.85. The number of aromatic nitrogens is 7. The van der Waals surface area contributed by atoms with Crippen molar-refractivity contribution in [1.29, 1.82) is 0 Å². The number of nitrogens with one attached hydrogen (secondary N) is 2. The topological polar surface area (TPSA) is 99.9 Å². The molecule has 0 aromatic carbocycles. The van der Waals surface area contributed by atoms with Crippen LogP contribution in [0.3, 0.4) is 0 Å². The first-order chi connectivity index (χ1) is 13.4. The highest BCUT2D eigenvalue weighted by Gasteiger charge is 2.15. The number of anilines is 2. The van der Waals surface area contributed by atoms with Crippen molar-refractivity contribution in [2.75, 3.05) is 18.4 Å². The first kappa shape index (κ1) is 16.3. The van der Waals surface area contributed by atoms with E-state index in [2.05, 4.69) is 40.9 Å². The third-order valence-corrected chi connectivity index (χ3v) is 5.52. The first-order valence-electron chi connectivity index (χ1n) is 8.98. The van der Waals surface area contributed by atoms with Crippen LogP contribution in [0.4, 0.5) is 10.9 Å². The van der Waals surface area contributed by atoms with Gasteiger partial charge in [0.2, 0.25) is 0 Å². The summed E-state index contributed by atoms with van der Waals surface area (Å²) in [6.45, 7) is 3.24. The van der Waals surface area contributed by atoms with Crippen molar-refractivity contribution >= 4 is 27.9 Å². The first-order valence-corrected chi connectivity index (χ1v) is 9.86. The van der Waals surface area contributed by atoms with Crippen molar-refractivity contribution in [1.82, 2.24) is 39.7 Å². The lowest BCUT2D eigenvalue weighted by Crippen LogP contribution is -2.29. The molecule has 27 heavy (non-hydrogen) atoms. The van der Waals surface area contributed by atoms with E-state index in [4.69, 9.17) is 4.98 Å². The van der Waals surface area contributed by atoms with Crippen LogP contribution in [0, 0.1) is 0 Å². The lowest BCUT2D eigenvalue weighted by atomic mass is 10.1. The van der Waals surface area contributed by atoms with Crippen molar-refractivity contribution in [3.8, 4) is 11.3 Å². The molecule has 2 N–H and O–H groups in total. The molecule has 1 saturated heterocycles. The summed E-state index contributed by atoms with van der Waals surface area (Å²) in [6.07, 6.45) is 10.7. The van der Waals surface area contributed by atoms with E-state index in [-0.39, 0.29) is 0 Å². The molecule has 0 radical (unpaired) electrons. The second-order valence-corrected chi connectivity index (χ2v) is 7.44. The Labute approximate surface area is 159 Å². The van der Waals surface area contributed by atoms with Crippen LogP contribution in [0.25, 0.3) is 16.9 Å². The van der Waals surface area contributed by atoms with Crippen LogP contribution in [-0.4, -0.2) is 52.8 Å². The van der Waals surface area contributed by atoms with Crippen molar-refractivity contribution in [3.63, 3.8) is 0 Å². The van der Waals surface area contributed by atoms with Gasteiger partial charge in [-0.05, 0) is 25.9 Å². The minimum absolute atomic E-state index is 0.638. The molecule has 0 aliphatic carbocycles. The van der Waals surface area contributed by atoms with E-state index < -0.39 is 0 Å². The van der Waals surface area contributed by atoms with Crippen LogP contribution < -0.4 is 5.32 Å². The number of fused-ring (bicyclic) bond motifs is 1. The molecule has 1 aliphatic rings. The van der Waals surface area contributed by atoms with Crippen LogP contribution >= 0.6 is 11.3 Å². The highest BCUT2D eigenvalue weighted by Crippen LogP contribution is 2.26. The molecule has 0 saturated carbocycles. The molecular formula is C17H19N9S. The Morgan fingerprint density at radius 1 is 1.15 bits per heavy atom. The van der Waals surface area contributed by atoms with E-state index in [1.807, 2.05) is 0 Å². The lowest BCUT2D eigenvalue weighted by molar-refractivity contribution is 0.219. The number of hydrogen-bond donors (Lipinski definition) is 2. The van der Waals surface area contributed by atoms with Crippen LogP contribution in [0.2, 0.25) is 0 Å². The predicted octanol–water partition coefficient (Wildman–Crippen LogP) is 2.70. The Balaban J connectivity index is 1.37. The smallest absolute Gasteiger partial charge is 0.199 e. The Morgan fingerprint density at radius 3 is 2.93 bits per heavy atom. The number of H-pyrrole nitrogens is 1. The van der Waals surface area contributed by atoms with Crippen molar-refractivity contribution in [3.05, 3.63) is 36.0 Å². The highest BCUT2D eigenvalue weighted by molar-refractivity contribution is 7.13. The predicted molar refractivity (Wildman–Crippen MR) is 103 cm³/mol. The number of nitrogens with zero attached hydrogens (tertiary/aromatic N) is 7. The quantitative estimate of drug-likeness (QED) is 0.548. The summed E-state index contributed by atoms with van der Waals surface area (Å²) in [6, 6.07) is 0. The standard InChI is InChI=1S/C17H19N9S/c1-2-4-25(5-3-1)9-13-10-27-17(23-13)24-15-16-19-11-22-26(16)14(8-18-15)12-6-20-21-7-12/h6-8,10-11H,1-5,9H2,(H,20,21)(H,18,23,24). The molecule has 4 aromatic rings. The summed E-state index contributed by atoms with van der Waals surface area (Å²) in [5, 5.41) is 17.3. The second kappa shape index (κ2) is 7.05. The van der Waals surface area contributed by atoms with Gasteiger partial charge in [-0.3, -0.25) is 10.00 Å². The minimum atomic E-state index is 0.638. The summed E-state index contributed by atoms with van der Waals surface area (Å²) in [4.78, 5) is 16.1. The number of rotatable bonds is 5. The SMILES string of the molecule is c1nc2c(Nc3nc(CN4CCCCC4)cs3)ncc(-c3cn[nH]c3)n2n1. The Bertz CT molecular complexity index is 1030. The van der Waals surface area contributed by atoms with Gasteiger partial charge in [-0.15, -0.1) is 11.3 Å². The van der Waals surface area contributed by atoms with Crippen LogP contribution in [0.1, 0.15) is 25.0 Å². The van der Waals surface area contributed by atoms with Gasteiger partial charge < -0.3 is 5.32 Å². The molecule has 138 valence electrons. The average molecular weight is 381 g/mol. The molecule has 1 fully saturated rings. The van der Waals surface area contributed by atoms with E-state index in [1.165, 1.54) is 25.6 Å². The van der Waals surface area contributed by atoms with Crippen LogP contribution in [-0.2, 0) is 6.54 Å². The van der Waals surface area contributed by atoms with E-state index in [1.54, 1.807) is 34.4 Å². The minimum Gasteiger partial charge on any atom is -0.313 e. The summed E-state index contributed by atoms with van der Waals surface area (Å²) in [7, 11) is 0. The van der Waals surface area contributed by atoms with Gasteiger partial charge in [0.15, 0.2) is 16.6 Å². The number of aromatic amines is 1. The fourth-order valence-corrected chi connectivity index (χ4v) is 4.08. The zero-order valence-electron chi connectivity index (χ0n) is 14.7. The Kier molecular flexibility index (Phi) is 4.26. The highest BCUT2D eigenvalue weighted by atomic mass is 32.1. The maximum absolute atomic E-state index is 4.72. The molecule has 10 heteroatoms. The van der Waals surface area contributed by atoms with Crippen LogP contribution in [0.15, 0.2) is 30.3 Å². The fourth-order valence-electron chi connectivity index (χ4n) is 3.38. The molecule has 4 aromatic heterocycles. The number of likely N-dealkylation sites (tertiary alicyclic amines) is 1. The van der Waals surface area contributed by atoms with E-state index >= 15 is 0 Å². The van der Waals surface area contributed by atoms with Gasteiger partial charge >= 0.3 is 0 Å². The van der Waals surface area contributed by atoms with Crippen molar-refractivity contribution in [2.45, 2.75) is 25.8 Å². The van der Waals surface area contributed by atoms with Gasteiger partial charge in [0.25, 0.3) is 0 Å². The van der Waals surface area contributed by atoms with Gasteiger partial charge in [-0.2, -0.15) is 10.2 Å². The second-order valence-electron chi connectivity index (χ2n) is 6.58. The van der Waals surface area contributed by atoms with E-state index in [0.29, 0.717) is 11.5 Å². The maximum Gasteiger partial charge on any atom is 0.199 e. The summed E-state index contributed by atoms with van der Waals surface area (Å²) in [5.74, 6) is 0.638. The molecule has 1 aliphatic heterocycles. The molecule has 0 amide bonds. The number of thiazole rings is 1. The molecule has 5 heterocycles. The molecule has 5 rings (SSSR count). The zero-order chi connectivity index (χ0) is 18.1. The summed E-state index contributed by atoms with van der Waals surface area (Å²) >= 11 is 1.58. The largest absolute Gasteiger partial charge is 0.313 e. The molecule has 0 bridgehead atoms. The van der Waals surface area contributed by atoms with Gasteiger partial charge in [-0.25, -0.2) is 19.5 Å². The monoisotopic (exact) mass is 381 g/mol. The lowest BCUT2D eigenvalue weighted by Gasteiger charge is -2.25. The summed E-state index contributed by atoms with van der Waals surface area (Å²) < 4.78 is 1.75. The van der Waals surface area contributed by atoms with Gasteiger partial charge in [0.05, 0.1) is 23.8 Å². The summed E-state index contributed by atoms with van der Waals surface area (Å²) in [5.41, 5.74) is 3.48. The van der Waals surface area contributed by atoms with Crippen molar-refractivity contribution < 1.29 is 0 Å². The third kappa shape index (κ3) is 3.28. The van der Waals surface area contributed by atoms with E-state index in [0.717, 1.165) is 41.7 Å². The molecule has 0 unspecified atom stereocenters. The average Bonchev–Trinajstić information content (AvgIpc) is 3.45. The molecule has 0 atom stereocenters. The normalized spacial score (nSPS) is 15.4. The van der Waals surface area contributed by atoms with Gasteiger partial charge in [0, 0.05) is 23.7 Å². The molecule has 9 nitrogen and oxygen atoms in total. The zero-order valence-corrected chi connectivity index (χ0v) is 15.5. The van der Waals surface area contributed by atoms with Crippen molar-refractivity contribution in [2.24, 2.45) is 0 Å². The number of hydrogen-bond acceptors (Lipinski definition) is 8. The number of piperidine rings is 1. The van der Waals surface area contributed by atoms with Gasteiger partial charge in [0.1, 0.15) is 6.33 Å². The van der Waals surface area contributed by atoms with E-state index in [9.17, 15) is 0 Å². The van der Waals surface area contributed by atoms with Gasteiger partial charge in [-0.1, -0.05) is 6.42 Å². The Morgan fingerprint density at radius 2 is 2.07 bits per heavy atom. The third-order valence-electron chi connectivity index (χ3n) is 4.71.